The topological polar surface area (TPSA) is 8.17 Å². The third kappa shape index (κ3) is 5.95. The summed E-state index contributed by atoms with van der Waals surface area (Å²) in [5, 5.41) is 2.41. The highest BCUT2D eigenvalue weighted by Crippen LogP contribution is 2.49. The Morgan fingerprint density at radius 3 is 1.46 bits per heavy atom. The first-order valence-corrected chi connectivity index (χ1v) is 19.2. The standard InChI is InChI=1S/C54H38N2/c1-5-18-39(19-6-1)41-32-34-43(35-33-41)46-26-13-15-28-49(46)56(51-37-36-44(40-20-7-2-8-21-40)38-48(51)42-22-9-3-10-23-42)53-31-17-30-52-54(53)47-27-14-16-29-50(47)55(52)45-24-11-4-12-25-45/h1-38H. The van der Waals surface area contributed by atoms with Crippen molar-refractivity contribution >= 4 is 38.9 Å². The van der Waals surface area contributed by atoms with Gasteiger partial charge in [-0.1, -0.05) is 182 Å². The fourth-order valence-corrected chi connectivity index (χ4v) is 8.21. The average molecular weight is 715 g/mol. The molecule has 0 bridgehead atoms. The number of para-hydroxylation sites is 3. The van der Waals surface area contributed by atoms with Crippen molar-refractivity contribution < 1.29 is 0 Å². The number of fused-ring (bicyclic) bond motifs is 3. The summed E-state index contributed by atoms with van der Waals surface area (Å²) < 4.78 is 2.40. The molecular weight excluding hydrogens is 677 g/mol. The number of benzene rings is 9. The highest BCUT2D eigenvalue weighted by molar-refractivity contribution is 6.17. The van der Waals surface area contributed by atoms with Gasteiger partial charge < -0.3 is 9.47 Å². The van der Waals surface area contributed by atoms with Crippen molar-refractivity contribution in [2.45, 2.75) is 0 Å². The zero-order valence-corrected chi connectivity index (χ0v) is 30.8. The lowest BCUT2D eigenvalue weighted by molar-refractivity contribution is 1.18. The van der Waals surface area contributed by atoms with E-state index in [1.807, 2.05) is 0 Å². The molecule has 0 aliphatic carbocycles. The average Bonchev–Trinajstić information content (AvgIpc) is 3.63. The van der Waals surface area contributed by atoms with Crippen molar-refractivity contribution in [1.82, 2.24) is 4.57 Å². The molecule has 0 aliphatic rings. The molecule has 9 aromatic carbocycles. The molecule has 2 nitrogen and oxygen atoms in total. The Kier molecular flexibility index (Phi) is 8.55. The number of hydrogen-bond acceptors (Lipinski definition) is 1. The SMILES string of the molecule is c1ccc(-c2ccc(-c3ccccc3N(c3ccc(-c4ccccc4)cc3-c3ccccc3)c3cccc4c3c3ccccc3n4-c3ccccc3)cc2)cc1. The van der Waals surface area contributed by atoms with Crippen LogP contribution in [0.3, 0.4) is 0 Å². The van der Waals surface area contributed by atoms with Crippen LogP contribution in [0.4, 0.5) is 17.1 Å². The molecule has 10 aromatic rings. The largest absolute Gasteiger partial charge is 0.309 e. The molecule has 0 radical (unpaired) electrons. The highest BCUT2D eigenvalue weighted by atomic mass is 15.2. The molecule has 0 aliphatic heterocycles. The summed E-state index contributed by atoms with van der Waals surface area (Å²) in [6.07, 6.45) is 0. The van der Waals surface area contributed by atoms with Gasteiger partial charge in [0.2, 0.25) is 0 Å². The zero-order chi connectivity index (χ0) is 37.3. The maximum absolute atomic E-state index is 2.50. The first-order valence-electron chi connectivity index (χ1n) is 19.2. The molecule has 0 atom stereocenters. The van der Waals surface area contributed by atoms with Gasteiger partial charge in [0.05, 0.1) is 28.1 Å². The van der Waals surface area contributed by atoms with Crippen LogP contribution in [0.15, 0.2) is 231 Å². The second kappa shape index (κ2) is 14.4. The summed E-state index contributed by atoms with van der Waals surface area (Å²) >= 11 is 0. The molecule has 2 heteroatoms. The first-order chi connectivity index (χ1) is 27.8. The van der Waals surface area contributed by atoms with Crippen molar-refractivity contribution in [2.24, 2.45) is 0 Å². The van der Waals surface area contributed by atoms with Crippen molar-refractivity contribution in [3.63, 3.8) is 0 Å². The van der Waals surface area contributed by atoms with Crippen LogP contribution in [0.1, 0.15) is 0 Å². The van der Waals surface area contributed by atoms with Crippen molar-refractivity contribution in [1.29, 1.82) is 0 Å². The van der Waals surface area contributed by atoms with Crippen LogP contribution >= 0.6 is 0 Å². The Bertz CT molecular complexity index is 2930. The van der Waals surface area contributed by atoms with Crippen LogP contribution in [-0.4, -0.2) is 4.57 Å². The van der Waals surface area contributed by atoms with Gasteiger partial charge in [-0.15, -0.1) is 0 Å². The highest BCUT2D eigenvalue weighted by Gasteiger charge is 2.25. The second-order valence-electron chi connectivity index (χ2n) is 14.1. The van der Waals surface area contributed by atoms with E-state index in [0.717, 1.165) is 50.5 Å². The van der Waals surface area contributed by atoms with Gasteiger partial charge in [-0.3, -0.25) is 0 Å². The molecule has 0 saturated carbocycles. The Morgan fingerprint density at radius 1 is 0.286 bits per heavy atom. The molecule has 56 heavy (non-hydrogen) atoms. The minimum atomic E-state index is 1.10. The molecule has 0 N–H and O–H groups in total. The van der Waals surface area contributed by atoms with E-state index >= 15 is 0 Å². The Balaban J connectivity index is 1.27. The summed E-state index contributed by atoms with van der Waals surface area (Å²) in [5.74, 6) is 0. The van der Waals surface area contributed by atoms with Crippen molar-refractivity contribution in [2.75, 3.05) is 4.90 Å². The van der Waals surface area contributed by atoms with Crippen LogP contribution in [0.2, 0.25) is 0 Å². The van der Waals surface area contributed by atoms with E-state index in [1.165, 1.54) is 38.5 Å². The number of anilines is 3. The number of hydrogen-bond donors (Lipinski definition) is 0. The smallest absolute Gasteiger partial charge is 0.0562 e. The van der Waals surface area contributed by atoms with Crippen LogP contribution in [0.5, 0.6) is 0 Å². The summed E-state index contributed by atoms with van der Waals surface area (Å²) in [5.41, 5.74) is 16.2. The maximum atomic E-state index is 2.50. The molecule has 264 valence electrons. The lowest BCUT2D eigenvalue weighted by atomic mass is 9.94. The van der Waals surface area contributed by atoms with E-state index in [9.17, 15) is 0 Å². The molecule has 10 rings (SSSR count). The molecule has 0 saturated heterocycles. The van der Waals surface area contributed by atoms with Gasteiger partial charge in [0.15, 0.2) is 0 Å². The van der Waals surface area contributed by atoms with E-state index in [4.69, 9.17) is 0 Å². The number of aromatic nitrogens is 1. The van der Waals surface area contributed by atoms with Crippen LogP contribution in [0, 0.1) is 0 Å². The van der Waals surface area contributed by atoms with Crippen LogP contribution < -0.4 is 4.90 Å². The lowest BCUT2D eigenvalue weighted by Gasteiger charge is -2.31. The van der Waals surface area contributed by atoms with E-state index in [1.54, 1.807) is 0 Å². The molecule has 0 unspecified atom stereocenters. The van der Waals surface area contributed by atoms with Gasteiger partial charge in [0.25, 0.3) is 0 Å². The normalized spacial score (nSPS) is 11.2. The minimum Gasteiger partial charge on any atom is -0.309 e. The van der Waals surface area contributed by atoms with E-state index in [-0.39, 0.29) is 0 Å². The number of rotatable bonds is 8. The van der Waals surface area contributed by atoms with Gasteiger partial charge in [0.1, 0.15) is 0 Å². The monoisotopic (exact) mass is 714 g/mol. The van der Waals surface area contributed by atoms with Gasteiger partial charge in [-0.25, -0.2) is 0 Å². The summed E-state index contributed by atoms with van der Waals surface area (Å²) in [7, 11) is 0. The van der Waals surface area contributed by atoms with Crippen molar-refractivity contribution in [3.8, 4) is 50.2 Å². The Morgan fingerprint density at radius 2 is 0.750 bits per heavy atom. The lowest BCUT2D eigenvalue weighted by Crippen LogP contribution is -2.13. The van der Waals surface area contributed by atoms with Crippen molar-refractivity contribution in [3.05, 3.63) is 231 Å². The first kappa shape index (κ1) is 33.2. The van der Waals surface area contributed by atoms with Gasteiger partial charge in [-0.05, 0) is 81.9 Å². The zero-order valence-electron chi connectivity index (χ0n) is 30.8. The van der Waals surface area contributed by atoms with E-state index in [0.29, 0.717) is 0 Å². The Hall–Kier alpha value is -7.42. The molecule has 1 heterocycles. The number of nitrogens with zero attached hydrogens (tertiary/aromatic N) is 2. The molecule has 0 spiro atoms. The van der Waals surface area contributed by atoms with E-state index < -0.39 is 0 Å². The molecule has 1 aromatic heterocycles. The summed E-state index contributed by atoms with van der Waals surface area (Å²) in [6, 6.07) is 83.2. The predicted molar refractivity (Wildman–Crippen MR) is 237 cm³/mol. The third-order valence-electron chi connectivity index (χ3n) is 10.8. The van der Waals surface area contributed by atoms with Gasteiger partial charge in [0, 0.05) is 27.6 Å². The predicted octanol–water partition coefficient (Wildman–Crippen LogP) is 14.9. The quantitative estimate of drug-likeness (QED) is 0.152. The van der Waals surface area contributed by atoms with Crippen LogP contribution in [-0.2, 0) is 0 Å². The fourth-order valence-electron chi connectivity index (χ4n) is 8.21. The minimum absolute atomic E-state index is 1.10. The fraction of sp³-hybridized carbons (Fsp3) is 0. The summed E-state index contributed by atoms with van der Waals surface area (Å²) in [6.45, 7) is 0. The van der Waals surface area contributed by atoms with E-state index in [2.05, 4.69) is 240 Å². The molecule has 0 fully saturated rings. The van der Waals surface area contributed by atoms with Crippen LogP contribution in [0.25, 0.3) is 72.0 Å². The molecular formula is C54H38N2. The maximum Gasteiger partial charge on any atom is 0.0562 e. The van der Waals surface area contributed by atoms with Gasteiger partial charge in [-0.2, -0.15) is 0 Å². The van der Waals surface area contributed by atoms with Gasteiger partial charge >= 0.3 is 0 Å². The second-order valence-corrected chi connectivity index (χ2v) is 14.1. The Labute approximate surface area is 327 Å². The third-order valence-corrected chi connectivity index (χ3v) is 10.8. The summed E-state index contributed by atoms with van der Waals surface area (Å²) in [4.78, 5) is 2.50. The molecule has 0 amide bonds.